The molecule has 0 spiro atoms. The van der Waals surface area contributed by atoms with Crippen LogP contribution in [0.15, 0.2) is 72.8 Å². The molecule has 0 aliphatic rings. The van der Waals surface area contributed by atoms with E-state index < -0.39 is 0 Å². The van der Waals surface area contributed by atoms with Crippen molar-refractivity contribution in [2.75, 3.05) is 5.32 Å². The van der Waals surface area contributed by atoms with Gasteiger partial charge in [0.1, 0.15) is 0 Å². The fourth-order valence-corrected chi connectivity index (χ4v) is 2.80. The maximum atomic E-state index is 12.3. The van der Waals surface area contributed by atoms with Gasteiger partial charge in [-0.2, -0.15) is 0 Å². The highest BCUT2D eigenvalue weighted by molar-refractivity contribution is 5.94. The molecule has 0 aromatic heterocycles. The number of hydrogen-bond donors (Lipinski definition) is 2. The summed E-state index contributed by atoms with van der Waals surface area (Å²) in [4.78, 5) is 12.3. The second kappa shape index (κ2) is 7.28. The standard InChI is InChI=1S/C21H22N2O/c1-15(18-13-12-17-8-6-7-9-19(17)14-18)22-16(2)21(24)23-20-10-4-3-5-11-20/h3-16,22H,1-2H3,(H,23,24)/t15-,16+/m0/s1. The molecule has 1 amide bonds. The first-order chi connectivity index (χ1) is 11.6. The number of para-hydroxylation sites is 1. The molecule has 0 saturated carbocycles. The molecule has 0 saturated heterocycles. The summed E-state index contributed by atoms with van der Waals surface area (Å²) in [6.45, 7) is 3.96. The van der Waals surface area contributed by atoms with Gasteiger partial charge < -0.3 is 5.32 Å². The van der Waals surface area contributed by atoms with Crippen LogP contribution in [0.5, 0.6) is 0 Å². The van der Waals surface area contributed by atoms with Gasteiger partial charge in [-0.3, -0.25) is 10.1 Å². The van der Waals surface area contributed by atoms with Crippen molar-refractivity contribution < 1.29 is 4.79 Å². The van der Waals surface area contributed by atoms with E-state index in [1.54, 1.807) is 0 Å². The first-order valence-corrected chi connectivity index (χ1v) is 8.24. The second-order valence-corrected chi connectivity index (χ2v) is 6.07. The molecular weight excluding hydrogens is 296 g/mol. The lowest BCUT2D eigenvalue weighted by atomic mass is 10.0. The molecule has 0 aliphatic carbocycles. The van der Waals surface area contributed by atoms with Gasteiger partial charge >= 0.3 is 0 Å². The zero-order valence-corrected chi connectivity index (χ0v) is 14.0. The molecule has 0 fully saturated rings. The highest BCUT2D eigenvalue weighted by atomic mass is 16.2. The first-order valence-electron chi connectivity index (χ1n) is 8.24. The maximum absolute atomic E-state index is 12.3. The summed E-state index contributed by atoms with van der Waals surface area (Å²) in [7, 11) is 0. The average Bonchev–Trinajstić information content (AvgIpc) is 2.62. The third kappa shape index (κ3) is 3.81. The van der Waals surface area contributed by atoms with E-state index in [4.69, 9.17) is 0 Å². The summed E-state index contributed by atoms with van der Waals surface area (Å²) in [6.07, 6.45) is 0. The van der Waals surface area contributed by atoms with Crippen LogP contribution in [0.1, 0.15) is 25.5 Å². The first kappa shape index (κ1) is 16.2. The van der Waals surface area contributed by atoms with Crippen LogP contribution in [0.25, 0.3) is 10.8 Å². The van der Waals surface area contributed by atoms with E-state index in [9.17, 15) is 4.79 Å². The van der Waals surface area contributed by atoms with Gasteiger partial charge in [-0.25, -0.2) is 0 Å². The van der Waals surface area contributed by atoms with E-state index >= 15 is 0 Å². The Bertz CT molecular complexity index is 829. The molecule has 3 nitrogen and oxygen atoms in total. The number of nitrogens with one attached hydrogen (secondary N) is 2. The summed E-state index contributed by atoms with van der Waals surface area (Å²) < 4.78 is 0. The van der Waals surface area contributed by atoms with Crippen molar-refractivity contribution in [3.8, 4) is 0 Å². The number of carbonyl (C=O) groups excluding carboxylic acids is 1. The van der Waals surface area contributed by atoms with E-state index in [2.05, 4.69) is 47.9 Å². The van der Waals surface area contributed by atoms with Crippen LogP contribution in [0, 0.1) is 0 Å². The Morgan fingerprint density at radius 3 is 2.25 bits per heavy atom. The fourth-order valence-electron chi connectivity index (χ4n) is 2.80. The molecule has 0 heterocycles. The summed E-state index contributed by atoms with van der Waals surface area (Å²) in [5.74, 6) is -0.0335. The Morgan fingerprint density at radius 2 is 1.50 bits per heavy atom. The van der Waals surface area contributed by atoms with E-state index in [0.29, 0.717) is 0 Å². The molecule has 24 heavy (non-hydrogen) atoms. The molecule has 3 heteroatoms. The van der Waals surface area contributed by atoms with Crippen LogP contribution in [0.3, 0.4) is 0 Å². The van der Waals surface area contributed by atoms with Gasteiger partial charge in [0.05, 0.1) is 6.04 Å². The van der Waals surface area contributed by atoms with Crippen molar-refractivity contribution in [1.29, 1.82) is 0 Å². The lowest BCUT2D eigenvalue weighted by Gasteiger charge is -2.20. The van der Waals surface area contributed by atoms with Crippen LogP contribution >= 0.6 is 0 Å². The van der Waals surface area contributed by atoms with Crippen molar-refractivity contribution in [2.45, 2.75) is 25.9 Å². The minimum atomic E-state index is -0.285. The summed E-state index contributed by atoms with van der Waals surface area (Å²) in [5.41, 5.74) is 1.99. The van der Waals surface area contributed by atoms with Gasteiger partial charge in [0.2, 0.25) is 5.91 Å². The Balaban J connectivity index is 1.66. The fraction of sp³-hybridized carbons (Fsp3) is 0.190. The van der Waals surface area contributed by atoms with Gasteiger partial charge in [0.25, 0.3) is 0 Å². The Hall–Kier alpha value is -2.65. The zero-order chi connectivity index (χ0) is 16.9. The number of carbonyl (C=O) groups is 1. The maximum Gasteiger partial charge on any atom is 0.241 e. The second-order valence-electron chi connectivity index (χ2n) is 6.07. The SMILES string of the molecule is C[C@H](N[C@H](C)C(=O)Nc1ccccc1)c1ccc2ccccc2c1. The number of rotatable bonds is 5. The van der Waals surface area contributed by atoms with Gasteiger partial charge in [-0.05, 0) is 48.4 Å². The van der Waals surface area contributed by atoms with E-state index in [-0.39, 0.29) is 18.0 Å². The lowest BCUT2D eigenvalue weighted by Crippen LogP contribution is -2.39. The highest BCUT2D eigenvalue weighted by Gasteiger charge is 2.16. The summed E-state index contributed by atoms with van der Waals surface area (Å²) in [6, 6.07) is 24.0. The molecule has 0 bridgehead atoms. The molecule has 0 radical (unpaired) electrons. The van der Waals surface area contributed by atoms with Crippen LogP contribution in [0.2, 0.25) is 0 Å². The number of fused-ring (bicyclic) bond motifs is 1. The normalized spacial score (nSPS) is 13.4. The molecule has 0 aliphatic heterocycles. The van der Waals surface area contributed by atoms with E-state index in [1.807, 2.05) is 49.4 Å². The number of anilines is 1. The van der Waals surface area contributed by atoms with Crippen molar-refractivity contribution in [2.24, 2.45) is 0 Å². The molecule has 2 N–H and O–H groups in total. The molecule has 3 rings (SSSR count). The van der Waals surface area contributed by atoms with Crippen molar-refractivity contribution in [1.82, 2.24) is 5.32 Å². The molecule has 2 atom stereocenters. The predicted octanol–water partition coefficient (Wildman–Crippen LogP) is 4.52. The zero-order valence-electron chi connectivity index (χ0n) is 14.0. The molecular formula is C21H22N2O. The Labute approximate surface area is 142 Å². The average molecular weight is 318 g/mol. The third-order valence-corrected chi connectivity index (χ3v) is 4.21. The largest absolute Gasteiger partial charge is 0.325 e. The summed E-state index contributed by atoms with van der Waals surface area (Å²) >= 11 is 0. The third-order valence-electron chi connectivity index (χ3n) is 4.21. The predicted molar refractivity (Wildman–Crippen MR) is 100 cm³/mol. The van der Waals surface area contributed by atoms with Crippen LogP contribution in [-0.4, -0.2) is 11.9 Å². The topological polar surface area (TPSA) is 41.1 Å². The van der Waals surface area contributed by atoms with E-state index in [0.717, 1.165) is 5.69 Å². The quantitative estimate of drug-likeness (QED) is 0.726. The summed E-state index contributed by atoms with van der Waals surface area (Å²) in [5, 5.41) is 8.73. The number of benzene rings is 3. The van der Waals surface area contributed by atoms with Crippen molar-refractivity contribution in [3.63, 3.8) is 0 Å². The molecule has 3 aromatic carbocycles. The van der Waals surface area contributed by atoms with Crippen LogP contribution in [-0.2, 0) is 4.79 Å². The van der Waals surface area contributed by atoms with Gasteiger partial charge in [-0.1, -0.05) is 54.6 Å². The van der Waals surface area contributed by atoms with Crippen molar-refractivity contribution >= 4 is 22.4 Å². The highest BCUT2D eigenvalue weighted by Crippen LogP contribution is 2.20. The van der Waals surface area contributed by atoms with Crippen LogP contribution < -0.4 is 10.6 Å². The smallest absolute Gasteiger partial charge is 0.241 e. The van der Waals surface area contributed by atoms with Gasteiger partial charge in [0, 0.05) is 11.7 Å². The monoisotopic (exact) mass is 318 g/mol. The van der Waals surface area contributed by atoms with Crippen LogP contribution in [0.4, 0.5) is 5.69 Å². The molecule has 0 unspecified atom stereocenters. The Kier molecular flexibility index (Phi) is 4.92. The number of amides is 1. The lowest BCUT2D eigenvalue weighted by molar-refractivity contribution is -0.117. The molecule has 122 valence electrons. The van der Waals surface area contributed by atoms with Gasteiger partial charge in [0.15, 0.2) is 0 Å². The Morgan fingerprint density at radius 1 is 0.833 bits per heavy atom. The van der Waals surface area contributed by atoms with Crippen molar-refractivity contribution in [3.05, 3.63) is 78.4 Å². The molecule has 3 aromatic rings. The van der Waals surface area contributed by atoms with Gasteiger partial charge in [-0.15, -0.1) is 0 Å². The minimum absolute atomic E-state index is 0.0335. The number of hydrogen-bond acceptors (Lipinski definition) is 2. The minimum Gasteiger partial charge on any atom is -0.325 e. The van der Waals surface area contributed by atoms with E-state index in [1.165, 1.54) is 16.3 Å².